The summed E-state index contributed by atoms with van der Waals surface area (Å²) in [6.45, 7) is 1.79. The Morgan fingerprint density at radius 1 is 0.422 bits per heavy atom. The van der Waals surface area contributed by atoms with Crippen LogP contribution in [-0.2, 0) is 33.2 Å². The molecule has 0 aromatic heterocycles. The third-order valence-corrected chi connectivity index (χ3v) is 17.1. The Balaban J connectivity index is 1.42. The second kappa shape index (κ2) is 47.5. The van der Waals surface area contributed by atoms with Crippen LogP contribution in [0.25, 0.3) is 0 Å². The van der Waals surface area contributed by atoms with Gasteiger partial charge in [-0.05, 0) is 38.5 Å². The number of carbonyl (C=O) groups is 1. The molecule has 0 radical (unpaired) electrons. The quantitative estimate of drug-likeness (QED) is 0.0205. The van der Waals surface area contributed by atoms with E-state index in [9.17, 15) is 61.0 Å². The molecule has 0 aromatic carbocycles. The van der Waals surface area contributed by atoms with Crippen molar-refractivity contribution in [3.63, 3.8) is 0 Å². The summed E-state index contributed by atoms with van der Waals surface area (Å²) in [5.74, 6) is -0.249. The maximum atomic E-state index is 13.3. The molecule has 17 atom stereocenters. The molecule has 3 aliphatic rings. The summed E-state index contributed by atoms with van der Waals surface area (Å²) >= 11 is 0. The van der Waals surface area contributed by atoms with Gasteiger partial charge in [-0.15, -0.1) is 0 Å². The highest BCUT2D eigenvalue weighted by molar-refractivity contribution is 5.76. The molecule has 0 aliphatic carbocycles. The number of hydrogen-bond donors (Lipinski definition) is 12. The van der Waals surface area contributed by atoms with Crippen LogP contribution in [0.15, 0.2) is 12.2 Å². The molecule has 490 valence electrons. The highest BCUT2D eigenvalue weighted by atomic mass is 16.8. The van der Waals surface area contributed by atoms with Crippen molar-refractivity contribution in [2.45, 2.75) is 362 Å². The summed E-state index contributed by atoms with van der Waals surface area (Å²) in [7, 11) is 0. The largest absolute Gasteiger partial charge is 0.394 e. The van der Waals surface area contributed by atoms with E-state index in [-0.39, 0.29) is 18.9 Å². The number of carbonyl (C=O) groups excluding carboxylic acids is 1. The third-order valence-electron chi connectivity index (χ3n) is 17.1. The molecule has 0 spiro atoms. The molecule has 3 fully saturated rings. The predicted molar refractivity (Wildman–Crippen MR) is 319 cm³/mol. The minimum Gasteiger partial charge on any atom is -0.394 e. The van der Waals surface area contributed by atoms with Gasteiger partial charge in [0.25, 0.3) is 0 Å². The van der Waals surface area contributed by atoms with Gasteiger partial charge in [-0.3, -0.25) is 4.79 Å². The van der Waals surface area contributed by atoms with Crippen LogP contribution in [0.5, 0.6) is 0 Å². The molecule has 12 N–H and O–H groups in total. The Morgan fingerprint density at radius 3 is 1.18 bits per heavy atom. The monoisotopic (exact) mass is 1190 g/mol. The van der Waals surface area contributed by atoms with Crippen molar-refractivity contribution < 1.29 is 89.4 Å². The van der Waals surface area contributed by atoms with Crippen molar-refractivity contribution in [2.24, 2.45) is 0 Å². The molecule has 83 heavy (non-hydrogen) atoms. The van der Waals surface area contributed by atoms with Gasteiger partial charge in [0.2, 0.25) is 5.91 Å². The van der Waals surface area contributed by atoms with Crippen LogP contribution in [0.2, 0.25) is 0 Å². The van der Waals surface area contributed by atoms with Gasteiger partial charge in [-0.2, -0.15) is 0 Å². The van der Waals surface area contributed by atoms with E-state index in [1.54, 1.807) is 0 Å². The summed E-state index contributed by atoms with van der Waals surface area (Å²) in [6, 6.07) is -0.888. The molecule has 17 unspecified atom stereocenters. The Hall–Kier alpha value is -1.47. The Labute approximate surface area is 499 Å². The molecular formula is C64H121NO18. The van der Waals surface area contributed by atoms with Crippen LogP contribution in [0.4, 0.5) is 0 Å². The number of amides is 1. The maximum absolute atomic E-state index is 13.3. The van der Waals surface area contributed by atoms with Gasteiger partial charge in [0.15, 0.2) is 18.9 Å². The van der Waals surface area contributed by atoms with E-state index in [4.69, 9.17) is 28.4 Å². The van der Waals surface area contributed by atoms with Crippen LogP contribution < -0.4 is 5.32 Å². The van der Waals surface area contributed by atoms with Crippen molar-refractivity contribution in [3.8, 4) is 0 Å². The summed E-state index contributed by atoms with van der Waals surface area (Å²) in [4.78, 5) is 13.3. The van der Waals surface area contributed by atoms with Crippen molar-refractivity contribution in [1.82, 2.24) is 5.32 Å². The van der Waals surface area contributed by atoms with Gasteiger partial charge >= 0.3 is 0 Å². The van der Waals surface area contributed by atoms with E-state index < -0.39 is 124 Å². The zero-order valence-corrected chi connectivity index (χ0v) is 51.4. The fourth-order valence-electron chi connectivity index (χ4n) is 11.6. The zero-order chi connectivity index (χ0) is 60.5. The van der Waals surface area contributed by atoms with Crippen LogP contribution >= 0.6 is 0 Å². The molecule has 0 aromatic rings. The average Bonchev–Trinajstić information content (AvgIpc) is 3.33. The van der Waals surface area contributed by atoms with Crippen LogP contribution in [0.3, 0.4) is 0 Å². The maximum Gasteiger partial charge on any atom is 0.220 e. The number of nitrogens with one attached hydrogen (secondary N) is 1. The lowest BCUT2D eigenvalue weighted by atomic mass is 9.96. The molecule has 19 nitrogen and oxygen atoms in total. The Morgan fingerprint density at radius 2 is 0.759 bits per heavy atom. The van der Waals surface area contributed by atoms with Gasteiger partial charge in [-0.25, -0.2) is 0 Å². The fraction of sp³-hybridized carbons (Fsp3) is 0.953. The standard InChI is InChI=1S/C64H121NO18/c1-3-5-7-9-11-13-15-17-18-19-20-21-22-23-24-25-26-27-28-30-31-33-35-37-39-41-48(69)47(65-52(70)42-40-38-36-34-32-29-16-14-12-10-8-6-4-2)46-78-62-58(76)55(73)60(50(44-67)80-62)83-64-59(77)56(74)61(51(45-68)81-64)82-63-57(75)54(72)53(71)49(43-66)79-63/h14,16,47-51,53-64,66-69,71-77H,3-13,15,17-46H2,1-2H3,(H,65,70)/b16-14-. The zero-order valence-electron chi connectivity index (χ0n) is 51.4. The molecular weight excluding hydrogens is 1070 g/mol. The van der Waals surface area contributed by atoms with Crippen molar-refractivity contribution >= 4 is 5.91 Å². The first kappa shape index (κ1) is 75.8. The number of rotatable bonds is 51. The molecule has 3 rings (SSSR count). The molecule has 0 saturated carbocycles. The molecule has 0 bridgehead atoms. The first-order valence-electron chi connectivity index (χ1n) is 33.4. The number of aliphatic hydroxyl groups is 11. The third kappa shape index (κ3) is 30.5. The summed E-state index contributed by atoms with van der Waals surface area (Å²) in [6.07, 6.45) is 23.0. The van der Waals surface area contributed by atoms with Crippen LogP contribution in [0, 0.1) is 0 Å². The first-order chi connectivity index (χ1) is 40.3. The number of allylic oxidation sites excluding steroid dienone is 2. The van der Waals surface area contributed by atoms with E-state index in [1.807, 2.05) is 0 Å². The van der Waals surface area contributed by atoms with E-state index in [1.165, 1.54) is 161 Å². The summed E-state index contributed by atoms with van der Waals surface area (Å²) in [5, 5.41) is 120. The van der Waals surface area contributed by atoms with Gasteiger partial charge < -0.3 is 89.9 Å². The minimum atomic E-state index is -1.97. The molecule has 19 heteroatoms. The summed E-state index contributed by atoms with van der Waals surface area (Å²) in [5.41, 5.74) is 0. The molecule has 3 saturated heterocycles. The lowest BCUT2D eigenvalue weighted by Crippen LogP contribution is -2.66. The highest BCUT2D eigenvalue weighted by Crippen LogP contribution is 2.33. The van der Waals surface area contributed by atoms with Gasteiger partial charge in [0.1, 0.15) is 73.2 Å². The Bertz CT molecular complexity index is 1560. The molecule has 3 aliphatic heterocycles. The smallest absolute Gasteiger partial charge is 0.220 e. The topological polar surface area (TPSA) is 307 Å². The normalized spacial score (nSPS) is 29.4. The van der Waals surface area contributed by atoms with Gasteiger partial charge in [0, 0.05) is 6.42 Å². The van der Waals surface area contributed by atoms with Crippen molar-refractivity contribution in [1.29, 1.82) is 0 Å². The molecule has 3 heterocycles. The first-order valence-corrected chi connectivity index (χ1v) is 33.4. The highest BCUT2D eigenvalue weighted by Gasteiger charge is 2.53. The SMILES string of the molecule is CCCCCC/C=C\CCCCCCCC(=O)NC(COC1OC(CO)C(OC2OC(CO)C(OC3OC(CO)C(O)C(O)C3O)C(O)C2O)C(O)C1O)C(O)CCCCCCCCCCCCCCCCCCCCCCCCCCC. The number of unbranched alkanes of at least 4 members (excludes halogenated alkanes) is 33. The summed E-state index contributed by atoms with van der Waals surface area (Å²) < 4.78 is 34.4. The Kier molecular flexibility index (Phi) is 43.4. The van der Waals surface area contributed by atoms with E-state index in [0.717, 1.165) is 64.2 Å². The minimum absolute atomic E-state index is 0.249. The number of ether oxygens (including phenoxy) is 6. The number of aliphatic hydroxyl groups excluding tert-OH is 11. The molecule has 1 amide bonds. The van der Waals surface area contributed by atoms with Gasteiger partial charge in [-0.1, -0.05) is 225 Å². The van der Waals surface area contributed by atoms with Crippen molar-refractivity contribution in [3.05, 3.63) is 12.2 Å². The second-order valence-electron chi connectivity index (χ2n) is 24.3. The predicted octanol–water partition coefficient (Wildman–Crippen LogP) is 7.72. The van der Waals surface area contributed by atoms with E-state index in [2.05, 4.69) is 31.3 Å². The van der Waals surface area contributed by atoms with Crippen molar-refractivity contribution in [2.75, 3.05) is 26.4 Å². The van der Waals surface area contributed by atoms with Gasteiger partial charge in [0.05, 0.1) is 38.6 Å². The van der Waals surface area contributed by atoms with E-state index in [0.29, 0.717) is 12.8 Å². The second-order valence-corrected chi connectivity index (χ2v) is 24.3. The average molecular weight is 1190 g/mol. The lowest BCUT2D eigenvalue weighted by Gasteiger charge is -2.48. The van der Waals surface area contributed by atoms with E-state index >= 15 is 0 Å². The van der Waals surface area contributed by atoms with Crippen LogP contribution in [0.1, 0.15) is 258 Å². The number of hydrogen-bond acceptors (Lipinski definition) is 18. The fourth-order valence-corrected chi connectivity index (χ4v) is 11.6. The lowest BCUT2D eigenvalue weighted by molar-refractivity contribution is -0.379. The van der Waals surface area contributed by atoms with Crippen LogP contribution in [-0.4, -0.2) is 193 Å².